The molecule has 1 unspecified atom stereocenters. The zero-order chi connectivity index (χ0) is 15.0. The van der Waals surface area contributed by atoms with Gasteiger partial charge in [-0.25, -0.2) is 4.98 Å². The van der Waals surface area contributed by atoms with Gasteiger partial charge in [-0.15, -0.1) is 0 Å². The van der Waals surface area contributed by atoms with Crippen LogP contribution in [0.5, 0.6) is 0 Å². The van der Waals surface area contributed by atoms with E-state index in [4.69, 9.17) is 13.3 Å². The molecule has 20 heavy (non-hydrogen) atoms. The van der Waals surface area contributed by atoms with Gasteiger partial charge in [-0.3, -0.25) is 0 Å². The smallest absolute Gasteiger partial charge is 0.377 e. The molecule has 0 aliphatic carbocycles. The molecule has 0 N–H and O–H groups in total. The first-order valence-corrected chi connectivity index (χ1v) is 8.89. The summed E-state index contributed by atoms with van der Waals surface area (Å²) in [5.41, 5.74) is 0. The number of rotatable bonds is 10. The van der Waals surface area contributed by atoms with E-state index in [1.807, 2.05) is 0 Å². The lowest BCUT2D eigenvalue weighted by Crippen LogP contribution is -2.43. The van der Waals surface area contributed by atoms with Crippen molar-refractivity contribution in [3.8, 4) is 0 Å². The van der Waals surface area contributed by atoms with Crippen LogP contribution in [-0.4, -0.2) is 39.7 Å². The van der Waals surface area contributed by atoms with Crippen LogP contribution >= 0.6 is 0 Å². The second-order valence-corrected chi connectivity index (χ2v) is 7.82. The Morgan fingerprint density at radius 1 is 1.25 bits per heavy atom. The first-order chi connectivity index (χ1) is 9.62. The molecule has 0 fully saturated rings. The summed E-state index contributed by atoms with van der Waals surface area (Å²) >= 11 is 0. The monoisotopic (exact) mass is 304 g/mol. The predicted molar refractivity (Wildman–Crippen MR) is 77.0 cm³/mol. The van der Waals surface area contributed by atoms with Gasteiger partial charge in [0, 0.05) is 45.8 Å². The topological polar surface area (TPSA) is 45.5 Å². The molecule has 7 heteroatoms. The van der Waals surface area contributed by atoms with Gasteiger partial charge in [0.15, 0.2) is 0 Å². The third-order valence-corrected chi connectivity index (χ3v) is 6.39. The zero-order valence-electron chi connectivity index (χ0n) is 12.8. The van der Waals surface area contributed by atoms with Crippen molar-refractivity contribution < 1.29 is 17.7 Å². The van der Waals surface area contributed by atoms with Crippen LogP contribution in [0.1, 0.15) is 38.6 Å². The molecule has 0 spiro atoms. The third-order valence-electron chi connectivity index (χ3n) is 3.62. The molecule has 0 aliphatic heterocycles. The maximum Gasteiger partial charge on any atom is 0.500 e. The molecular formula is C13H25FN2O3Si. The van der Waals surface area contributed by atoms with E-state index in [0.717, 1.165) is 25.7 Å². The van der Waals surface area contributed by atoms with Crippen molar-refractivity contribution in [2.75, 3.05) is 21.3 Å². The minimum absolute atomic E-state index is 0.0600. The van der Waals surface area contributed by atoms with Crippen LogP contribution in [0, 0.1) is 6.08 Å². The van der Waals surface area contributed by atoms with Crippen LogP contribution in [0.25, 0.3) is 0 Å². The maximum atomic E-state index is 13.7. The van der Waals surface area contributed by atoms with E-state index in [1.165, 1.54) is 6.20 Å². The minimum atomic E-state index is -2.61. The Morgan fingerprint density at radius 2 is 1.90 bits per heavy atom. The summed E-state index contributed by atoms with van der Waals surface area (Å²) < 4.78 is 31.5. The molecule has 1 heterocycles. The van der Waals surface area contributed by atoms with E-state index in [0.29, 0.717) is 6.04 Å². The Labute approximate surface area is 121 Å². The largest absolute Gasteiger partial charge is 0.500 e. The lowest BCUT2D eigenvalue weighted by molar-refractivity contribution is 0.120. The van der Waals surface area contributed by atoms with Crippen molar-refractivity contribution in [1.82, 2.24) is 9.55 Å². The van der Waals surface area contributed by atoms with Crippen molar-refractivity contribution in [1.29, 1.82) is 0 Å². The van der Waals surface area contributed by atoms with Crippen LogP contribution < -0.4 is 0 Å². The molecule has 0 saturated carbocycles. The molecule has 0 aliphatic rings. The van der Waals surface area contributed by atoms with E-state index < -0.39 is 14.9 Å². The van der Waals surface area contributed by atoms with Gasteiger partial charge in [-0.1, -0.05) is 19.8 Å². The van der Waals surface area contributed by atoms with Gasteiger partial charge in [-0.05, 0) is 12.8 Å². The lowest BCUT2D eigenvalue weighted by Gasteiger charge is -2.27. The molecule has 1 aromatic rings. The molecule has 1 rings (SSSR count). The molecule has 0 aromatic carbocycles. The maximum absolute atomic E-state index is 13.7. The number of hydrogen-bond donors (Lipinski definition) is 0. The quantitative estimate of drug-likeness (QED) is 0.623. The highest BCUT2D eigenvalue weighted by molar-refractivity contribution is 6.60. The van der Waals surface area contributed by atoms with Gasteiger partial charge in [0.25, 0.3) is 6.08 Å². The van der Waals surface area contributed by atoms with Gasteiger partial charge in [-0.2, -0.15) is 4.39 Å². The van der Waals surface area contributed by atoms with Crippen molar-refractivity contribution in [2.45, 2.75) is 44.7 Å². The predicted octanol–water partition coefficient (Wildman–Crippen LogP) is 3.02. The van der Waals surface area contributed by atoms with Crippen molar-refractivity contribution in [3.63, 3.8) is 0 Å². The highest BCUT2D eigenvalue weighted by Gasteiger charge is 2.38. The highest BCUT2D eigenvalue weighted by Crippen LogP contribution is 2.26. The summed E-state index contributed by atoms with van der Waals surface area (Å²) in [7, 11) is 2.18. The second kappa shape index (κ2) is 8.51. The van der Waals surface area contributed by atoms with E-state index >= 15 is 0 Å². The number of nitrogens with zero attached hydrogens (tertiary/aromatic N) is 2. The Kier molecular flexibility index (Phi) is 7.35. The van der Waals surface area contributed by atoms with Gasteiger partial charge in [0.2, 0.25) is 0 Å². The first-order valence-electron chi connectivity index (χ1n) is 6.96. The van der Waals surface area contributed by atoms with Gasteiger partial charge in [0.05, 0.1) is 0 Å². The number of aromatic nitrogens is 2. The molecule has 116 valence electrons. The fourth-order valence-electron chi connectivity index (χ4n) is 2.33. The number of hydrogen-bond acceptors (Lipinski definition) is 4. The molecule has 0 bridgehead atoms. The van der Waals surface area contributed by atoms with Crippen LogP contribution in [-0.2, 0) is 13.3 Å². The Hall–Kier alpha value is -0.763. The summed E-state index contributed by atoms with van der Waals surface area (Å²) in [6.07, 6.45) is 6.51. The van der Waals surface area contributed by atoms with Crippen molar-refractivity contribution in [2.24, 2.45) is 0 Å². The fraction of sp³-hybridized carbons (Fsp3) is 0.769. The van der Waals surface area contributed by atoms with Crippen LogP contribution in [0.15, 0.2) is 12.4 Å². The summed E-state index contributed by atoms with van der Waals surface area (Å²) in [6, 6.07) is 0.715. The van der Waals surface area contributed by atoms with Crippen LogP contribution in [0.3, 0.4) is 0 Å². The summed E-state index contributed by atoms with van der Waals surface area (Å²) in [5, 5.41) is 0. The van der Waals surface area contributed by atoms with E-state index in [1.54, 1.807) is 32.1 Å². The Morgan fingerprint density at radius 3 is 2.35 bits per heavy atom. The number of unbranched alkanes of at least 4 members (excludes halogenated alkanes) is 1. The highest BCUT2D eigenvalue weighted by atomic mass is 28.4. The lowest BCUT2D eigenvalue weighted by atomic mass is 10.1. The van der Waals surface area contributed by atoms with E-state index in [9.17, 15) is 4.39 Å². The third kappa shape index (κ3) is 4.37. The van der Waals surface area contributed by atoms with Gasteiger partial charge in [0.1, 0.15) is 0 Å². The average molecular weight is 304 g/mol. The van der Waals surface area contributed by atoms with E-state index in [-0.39, 0.29) is 6.04 Å². The standard InChI is InChI=1S/C13H25FN2O3Si/c1-5-6-7-12(16-10-9-15-13(16)14)8-11-20(17-2,18-3)19-4/h9-10,12H,5-8,11H2,1-4H3. The number of imidazole rings is 1. The Bertz CT molecular complexity index is 377. The zero-order valence-corrected chi connectivity index (χ0v) is 13.8. The van der Waals surface area contributed by atoms with Gasteiger partial charge < -0.3 is 17.8 Å². The molecule has 1 aromatic heterocycles. The first kappa shape index (κ1) is 17.3. The second-order valence-electron chi connectivity index (χ2n) is 4.73. The summed E-state index contributed by atoms with van der Waals surface area (Å²) in [4.78, 5) is 3.66. The molecular weight excluding hydrogens is 279 g/mol. The number of halogens is 1. The average Bonchev–Trinajstić information content (AvgIpc) is 2.90. The van der Waals surface area contributed by atoms with Crippen LogP contribution in [0.4, 0.5) is 4.39 Å². The molecule has 0 saturated heterocycles. The minimum Gasteiger partial charge on any atom is -0.377 e. The van der Waals surface area contributed by atoms with E-state index in [2.05, 4.69) is 11.9 Å². The molecule has 1 atom stereocenters. The van der Waals surface area contributed by atoms with Crippen LogP contribution in [0.2, 0.25) is 6.04 Å². The Balaban J connectivity index is 2.73. The molecule has 5 nitrogen and oxygen atoms in total. The summed E-state index contributed by atoms with van der Waals surface area (Å²) in [6.45, 7) is 2.12. The SMILES string of the molecule is CCCCC(CC[Si](OC)(OC)OC)n1ccnc1F. The van der Waals surface area contributed by atoms with Crippen molar-refractivity contribution in [3.05, 3.63) is 18.5 Å². The fourth-order valence-corrected chi connectivity index (χ4v) is 4.13. The summed E-state index contributed by atoms with van der Waals surface area (Å²) in [5.74, 6) is 0. The van der Waals surface area contributed by atoms with Gasteiger partial charge >= 0.3 is 8.80 Å². The molecule has 0 radical (unpaired) electrons. The van der Waals surface area contributed by atoms with Crippen molar-refractivity contribution >= 4 is 8.80 Å². The molecule has 0 amide bonds. The normalized spacial score (nSPS) is 13.7.